The second-order valence-corrected chi connectivity index (χ2v) is 7.41. The molecule has 3 aromatic carbocycles. The van der Waals surface area contributed by atoms with Crippen molar-refractivity contribution in [1.82, 2.24) is 0 Å². The first kappa shape index (κ1) is 18.5. The number of thioether (sulfide) groups is 1. The number of aryl methyl sites for hydroxylation is 1. The van der Waals surface area contributed by atoms with E-state index in [-0.39, 0.29) is 0 Å². The molecule has 0 heterocycles. The first-order chi connectivity index (χ1) is 12.6. The Morgan fingerprint density at radius 1 is 0.885 bits per heavy atom. The largest absolute Gasteiger partial charge is 0.248 e. The fraction of sp³-hybridized carbons (Fsp3) is 0.0870. The molecule has 3 rings (SSSR count). The first-order valence-electron chi connectivity index (χ1n) is 8.42. The third kappa shape index (κ3) is 5.10. The predicted molar refractivity (Wildman–Crippen MR) is 115 cm³/mol. The molecule has 0 atom stereocenters. The summed E-state index contributed by atoms with van der Waals surface area (Å²) in [5.41, 5.74) is 5.29. The van der Waals surface area contributed by atoms with Gasteiger partial charge in [-0.1, -0.05) is 71.4 Å². The lowest BCUT2D eigenvalue weighted by atomic mass is 10.0. The van der Waals surface area contributed by atoms with Crippen LogP contribution in [0, 0.1) is 6.92 Å². The van der Waals surface area contributed by atoms with Crippen LogP contribution in [-0.4, -0.2) is 5.71 Å². The zero-order chi connectivity index (χ0) is 18.4. The Labute approximate surface area is 164 Å². The number of hydrogen-bond donors (Lipinski definition) is 0. The van der Waals surface area contributed by atoms with E-state index in [9.17, 15) is 0 Å². The lowest BCUT2D eigenvalue weighted by molar-refractivity contribution is 1.41. The van der Waals surface area contributed by atoms with Crippen molar-refractivity contribution in [2.75, 3.05) is 0 Å². The van der Waals surface area contributed by atoms with Gasteiger partial charge in [0.1, 0.15) is 0 Å². The molecule has 0 bridgehead atoms. The van der Waals surface area contributed by atoms with Gasteiger partial charge in [0.2, 0.25) is 0 Å². The van der Waals surface area contributed by atoms with E-state index in [1.807, 2.05) is 54.6 Å². The van der Waals surface area contributed by atoms with Gasteiger partial charge < -0.3 is 0 Å². The van der Waals surface area contributed by atoms with Crippen LogP contribution in [0.3, 0.4) is 0 Å². The standard InChI is InChI=1S/C23H20ClNS/c1-17-8-14-21(15-9-17)25-23(19-10-12-20(24)13-11-19)18(2)16-26-22-6-4-3-5-7-22/h3-16H,1-2H3/b18-16+,25-23?. The van der Waals surface area contributed by atoms with Crippen molar-refractivity contribution >= 4 is 34.8 Å². The summed E-state index contributed by atoms with van der Waals surface area (Å²) < 4.78 is 0. The number of allylic oxidation sites excluding steroid dienone is 1. The minimum Gasteiger partial charge on any atom is -0.248 e. The summed E-state index contributed by atoms with van der Waals surface area (Å²) in [5.74, 6) is 0. The van der Waals surface area contributed by atoms with Crippen molar-refractivity contribution in [1.29, 1.82) is 0 Å². The summed E-state index contributed by atoms with van der Waals surface area (Å²) in [6, 6.07) is 26.4. The van der Waals surface area contributed by atoms with E-state index in [0.29, 0.717) is 0 Å². The average molecular weight is 378 g/mol. The normalized spacial score (nSPS) is 12.3. The Kier molecular flexibility index (Phi) is 6.32. The highest BCUT2D eigenvalue weighted by Gasteiger charge is 2.07. The summed E-state index contributed by atoms with van der Waals surface area (Å²) in [7, 11) is 0. The molecule has 0 unspecified atom stereocenters. The molecule has 3 aromatic rings. The molecule has 0 radical (unpaired) electrons. The second kappa shape index (κ2) is 8.88. The van der Waals surface area contributed by atoms with E-state index in [1.54, 1.807) is 11.8 Å². The molecule has 0 aliphatic heterocycles. The third-order valence-corrected chi connectivity index (χ3v) is 5.15. The molecule has 0 spiro atoms. The van der Waals surface area contributed by atoms with E-state index in [0.717, 1.165) is 27.6 Å². The van der Waals surface area contributed by atoms with Crippen LogP contribution in [-0.2, 0) is 0 Å². The highest BCUT2D eigenvalue weighted by atomic mass is 35.5. The molecule has 0 aliphatic carbocycles. The van der Waals surface area contributed by atoms with Gasteiger partial charge in [0.05, 0.1) is 11.4 Å². The zero-order valence-electron chi connectivity index (χ0n) is 14.8. The summed E-state index contributed by atoms with van der Waals surface area (Å²) in [4.78, 5) is 6.11. The van der Waals surface area contributed by atoms with Gasteiger partial charge in [-0.15, -0.1) is 0 Å². The maximum absolute atomic E-state index is 6.06. The Morgan fingerprint density at radius 3 is 2.19 bits per heavy atom. The third-order valence-electron chi connectivity index (χ3n) is 3.88. The number of nitrogens with zero attached hydrogens (tertiary/aromatic N) is 1. The van der Waals surface area contributed by atoms with Gasteiger partial charge >= 0.3 is 0 Å². The maximum atomic E-state index is 6.06. The van der Waals surface area contributed by atoms with Gasteiger partial charge in [0.25, 0.3) is 0 Å². The molecule has 0 amide bonds. The van der Waals surface area contributed by atoms with Crippen LogP contribution in [0.4, 0.5) is 5.69 Å². The van der Waals surface area contributed by atoms with Crippen LogP contribution in [0.5, 0.6) is 0 Å². The fourth-order valence-corrected chi connectivity index (χ4v) is 3.31. The van der Waals surface area contributed by atoms with Crippen molar-refractivity contribution in [3.63, 3.8) is 0 Å². The number of hydrogen-bond acceptors (Lipinski definition) is 2. The van der Waals surface area contributed by atoms with Gasteiger partial charge in [-0.05, 0) is 61.2 Å². The maximum Gasteiger partial charge on any atom is 0.0743 e. The summed E-state index contributed by atoms with van der Waals surface area (Å²) >= 11 is 7.75. The van der Waals surface area contributed by atoms with Crippen LogP contribution in [0.2, 0.25) is 5.02 Å². The minimum atomic E-state index is 0.726. The van der Waals surface area contributed by atoms with E-state index >= 15 is 0 Å². The highest BCUT2D eigenvalue weighted by molar-refractivity contribution is 8.02. The van der Waals surface area contributed by atoms with Gasteiger partial charge in [-0.25, -0.2) is 4.99 Å². The van der Waals surface area contributed by atoms with Crippen LogP contribution < -0.4 is 0 Å². The molecule has 0 aromatic heterocycles. The van der Waals surface area contributed by atoms with Crippen molar-refractivity contribution in [2.45, 2.75) is 18.7 Å². The Balaban J connectivity index is 1.96. The minimum absolute atomic E-state index is 0.726. The summed E-state index contributed by atoms with van der Waals surface area (Å²) in [6.07, 6.45) is 0. The van der Waals surface area contributed by atoms with Gasteiger partial charge in [-0.2, -0.15) is 0 Å². The van der Waals surface area contributed by atoms with Crippen molar-refractivity contribution in [2.24, 2.45) is 4.99 Å². The summed E-state index contributed by atoms with van der Waals surface area (Å²) in [6.45, 7) is 4.17. The molecule has 1 nitrogen and oxygen atoms in total. The molecular weight excluding hydrogens is 358 g/mol. The molecule has 3 heteroatoms. The van der Waals surface area contributed by atoms with Crippen molar-refractivity contribution in [3.8, 4) is 0 Å². The number of benzene rings is 3. The predicted octanol–water partition coefficient (Wildman–Crippen LogP) is 7.47. The van der Waals surface area contributed by atoms with Crippen LogP contribution in [0.15, 0.2) is 99.7 Å². The topological polar surface area (TPSA) is 12.4 Å². The SMILES string of the molecule is C/C(=C\Sc1ccccc1)C(=Nc1ccc(C)cc1)c1ccc(Cl)cc1. The molecular formula is C23H20ClNS. The van der Waals surface area contributed by atoms with E-state index in [1.165, 1.54) is 10.5 Å². The van der Waals surface area contributed by atoms with Gasteiger partial charge in [0.15, 0.2) is 0 Å². The number of halogens is 1. The van der Waals surface area contributed by atoms with Gasteiger partial charge in [0, 0.05) is 15.5 Å². The summed E-state index contributed by atoms with van der Waals surface area (Å²) in [5, 5.41) is 2.88. The van der Waals surface area contributed by atoms with Crippen molar-refractivity contribution in [3.05, 3.63) is 106 Å². The molecule has 26 heavy (non-hydrogen) atoms. The number of aliphatic imine (C=N–C) groups is 1. The van der Waals surface area contributed by atoms with Crippen LogP contribution in [0.25, 0.3) is 0 Å². The Hall–Kier alpha value is -2.29. The zero-order valence-corrected chi connectivity index (χ0v) is 16.4. The monoisotopic (exact) mass is 377 g/mol. The smallest absolute Gasteiger partial charge is 0.0743 e. The lowest BCUT2D eigenvalue weighted by Gasteiger charge is -2.09. The van der Waals surface area contributed by atoms with Crippen molar-refractivity contribution < 1.29 is 0 Å². The molecule has 0 saturated heterocycles. The lowest BCUT2D eigenvalue weighted by Crippen LogP contribution is -2.02. The van der Waals surface area contributed by atoms with Crippen LogP contribution in [0.1, 0.15) is 18.1 Å². The Morgan fingerprint density at radius 2 is 1.54 bits per heavy atom. The van der Waals surface area contributed by atoms with E-state index in [2.05, 4.69) is 43.5 Å². The second-order valence-electron chi connectivity index (χ2n) is 6.03. The first-order valence-corrected chi connectivity index (χ1v) is 9.68. The van der Waals surface area contributed by atoms with E-state index < -0.39 is 0 Å². The molecule has 130 valence electrons. The van der Waals surface area contributed by atoms with E-state index in [4.69, 9.17) is 16.6 Å². The highest BCUT2D eigenvalue weighted by Crippen LogP contribution is 2.24. The van der Waals surface area contributed by atoms with Crippen LogP contribution >= 0.6 is 23.4 Å². The average Bonchev–Trinajstić information content (AvgIpc) is 2.67. The fourth-order valence-electron chi connectivity index (χ4n) is 2.45. The quantitative estimate of drug-likeness (QED) is 0.332. The molecule has 0 saturated carbocycles. The molecule has 0 N–H and O–H groups in total. The number of rotatable bonds is 5. The van der Waals surface area contributed by atoms with Gasteiger partial charge in [-0.3, -0.25) is 0 Å². The molecule has 0 aliphatic rings. The Bertz CT molecular complexity index is 911. The molecule has 0 fully saturated rings.